The lowest BCUT2D eigenvalue weighted by atomic mass is 10.0. The SMILES string of the molecule is CCC(F)(F)c1cc(Br)c(F)cc1OC(CCCF)C(=O)O. The molecule has 3 nitrogen and oxygen atoms in total. The van der Waals surface area contributed by atoms with E-state index in [0.29, 0.717) is 6.07 Å². The Bertz CT molecular complexity index is 537. The normalized spacial score (nSPS) is 13.0. The largest absolute Gasteiger partial charge is 0.479 e. The molecule has 1 unspecified atom stereocenters. The van der Waals surface area contributed by atoms with Crippen LogP contribution in [0.3, 0.4) is 0 Å². The van der Waals surface area contributed by atoms with Crippen molar-refractivity contribution in [2.24, 2.45) is 0 Å². The summed E-state index contributed by atoms with van der Waals surface area (Å²) < 4.78 is 58.4. The topological polar surface area (TPSA) is 46.5 Å². The standard InChI is InChI=1S/C14H15BrF4O3/c1-2-14(18,19)8-6-9(15)10(17)7-12(8)22-11(13(20)21)4-3-5-16/h6-7,11H,2-5H2,1H3,(H,20,21). The molecule has 0 fully saturated rings. The summed E-state index contributed by atoms with van der Waals surface area (Å²) in [5.41, 5.74) is -0.616. The molecule has 22 heavy (non-hydrogen) atoms. The molecular formula is C14H15BrF4O3. The molecule has 124 valence electrons. The van der Waals surface area contributed by atoms with E-state index >= 15 is 0 Å². The molecule has 8 heteroatoms. The first-order valence-corrected chi connectivity index (χ1v) is 7.35. The van der Waals surface area contributed by atoms with Crippen molar-refractivity contribution in [1.82, 2.24) is 0 Å². The minimum Gasteiger partial charge on any atom is -0.479 e. The van der Waals surface area contributed by atoms with Crippen molar-refractivity contribution in [2.45, 2.75) is 38.2 Å². The van der Waals surface area contributed by atoms with E-state index in [1.807, 2.05) is 0 Å². The van der Waals surface area contributed by atoms with Gasteiger partial charge in [-0.05, 0) is 34.8 Å². The van der Waals surface area contributed by atoms with E-state index in [4.69, 9.17) is 9.84 Å². The highest BCUT2D eigenvalue weighted by atomic mass is 79.9. The Kier molecular flexibility index (Phi) is 6.65. The van der Waals surface area contributed by atoms with Crippen molar-refractivity contribution in [2.75, 3.05) is 6.67 Å². The molecule has 0 aromatic heterocycles. The fourth-order valence-corrected chi connectivity index (χ4v) is 2.09. The van der Waals surface area contributed by atoms with Gasteiger partial charge in [-0.25, -0.2) is 18.0 Å². The molecule has 0 spiro atoms. The van der Waals surface area contributed by atoms with Gasteiger partial charge in [0.15, 0.2) is 6.10 Å². The van der Waals surface area contributed by atoms with Gasteiger partial charge < -0.3 is 9.84 Å². The summed E-state index contributed by atoms with van der Waals surface area (Å²) in [6.07, 6.45) is -2.40. The number of alkyl halides is 3. The van der Waals surface area contributed by atoms with Crippen LogP contribution in [0.25, 0.3) is 0 Å². The second-order valence-electron chi connectivity index (χ2n) is 4.60. The van der Waals surface area contributed by atoms with Crippen LogP contribution >= 0.6 is 15.9 Å². The summed E-state index contributed by atoms with van der Waals surface area (Å²) in [4.78, 5) is 11.1. The lowest BCUT2D eigenvalue weighted by molar-refractivity contribution is -0.145. The van der Waals surface area contributed by atoms with Gasteiger partial charge >= 0.3 is 5.97 Å². The van der Waals surface area contributed by atoms with E-state index < -0.39 is 48.2 Å². The van der Waals surface area contributed by atoms with Crippen LogP contribution in [0.15, 0.2) is 16.6 Å². The zero-order chi connectivity index (χ0) is 16.9. The summed E-state index contributed by atoms with van der Waals surface area (Å²) in [6, 6.07) is 1.57. The number of aliphatic carboxylic acids is 1. The van der Waals surface area contributed by atoms with Crippen LogP contribution in [0.2, 0.25) is 0 Å². The maximum atomic E-state index is 13.9. The minimum atomic E-state index is -3.31. The lowest BCUT2D eigenvalue weighted by Crippen LogP contribution is -2.28. The van der Waals surface area contributed by atoms with E-state index in [-0.39, 0.29) is 17.3 Å². The molecule has 0 bridgehead atoms. The molecule has 0 saturated carbocycles. The van der Waals surface area contributed by atoms with Crippen molar-refractivity contribution in [1.29, 1.82) is 0 Å². The van der Waals surface area contributed by atoms with Crippen molar-refractivity contribution in [3.63, 3.8) is 0 Å². The Morgan fingerprint density at radius 3 is 2.59 bits per heavy atom. The first-order valence-electron chi connectivity index (χ1n) is 6.55. The molecule has 0 aliphatic rings. The molecule has 1 aromatic rings. The van der Waals surface area contributed by atoms with Gasteiger partial charge in [-0.1, -0.05) is 6.92 Å². The molecule has 0 saturated heterocycles. The molecule has 0 radical (unpaired) electrons. The molecule has 1 rings (SSSR count). The number of halogens is 5. The maximum absolute atomic E-state index is 13.9. The van der Waals surface area contributed by atoms with Crippen LogP contribution in [0.1, 0.15) is 31.7 Å². The Morgan fingerprint density at radius 1 is 1.45 bits per heavy atom. The van der Waals surface area contributed by atoms with Crippen LogP contribution in [0.4, 0.5) is 17.6 Å². The van der Waals surface area contributed by atoms with E-state index in [0.717, 1.165) is 6.07 Å². The average Bonchev–Trinajstić information content (AvgIpc) is 2.46. The summed E-state index contributed by atoms with van der Waals surface area (Å²) in [7, 11) is 0. The van der Waals surface area contributed by atoms with Crippen molar-refractivity contribution < 1.29 is 32.2 Å². The third-order valence-electron chi connectivity index (χ3n) is 3.01. The number of rotatable bonds is 8. The van der Waals surface area contributed by atoms with Gasteiger partial charge in [0.25, 0.3) is 5.92 Å². The van der Waals surface area contributed by atoms with Crippen LogP contribution in [0, 0.1) is 5.82 Å². The van der Waals surface area contributed by atoms with Gasteiger partial charge in [-0.3, -0.25) is 4.39 Å². The highest BCUT2D eigenvalue weighted by Gasteiger charge is 2.35. The van der Waals surface area contributed by atoms with E-state index in [9.17, 15) is 22.4 Å². The van der Waals surface area contributed by atoms with E-state index in [2.05, 4.69) is 15.9 Å². The van der Waals surface area contributed by atoms with Crippen molar-refractivity contribution in [3.05, 3.63) is 28.0 Å². The number of hydrogen-bond acceptors (Lipinski definition) is 2. The van der Waals surface area contributed by atoms with Gasteiger partial charge in [-0.2, -0.15) is 0 Å². The molecule has 1 atom stereocenters. The molecule has 0 aliphatic heterocycles. The molecule has 0 amide bonds. The second-order valence-corrected chi connectivity index (χ2v) is 5.45. The van der Waals surface area contributed by atoms with Crippen LogP contribution in [-0.4, -0.2) is 23.9 Å². The zero-order valence-electron chi connectivity index (χ0n) is 11.7. The van der Waals surface area contributed by atoms with Crippen molar-refractivity contribution in [3.8, 4) is 5.75 Å². The van der Waals surface area contributed by atoms with Gasteiger partial charge in [-0.15, -0.1) is 0 Å². The first-order chi connectivity index (χ1) is 10.2. The zero-order valence-corrected chi connectivity index (χ0v) is 13.3. The molecular weight excluding hydrogens is 372 g/mol. The quantitative estimate of drug-likeness (QED) is 0.660. The van der Waals surface area contributed by atoms with Gasteiger partial charge in [0, 0.05) is 12.5 Å². The predicted molar refractivity (Wildman–Crippen MR) is 75.5 cm³/mol. The number of carbonyl (C=O) groups is 1. The highest BCUT2D eigenvalue weighted by Crippen LogP contribution is 2.40. The van der Waals surface area contributed by atoms with Crippen LogP contribution in [-0.2, 0) is 10.7 Å². The lowest BCUT2D eigenvalue weighted by Gasteiger charge is -2.22. The fraction of sp³-hybridized carbons (Fsp3) is 0.500. The Hall–Kier alpha value is -1.31. The fourth-order valence-electron chi connectivity index (χ4n) is 1.75. The molecule has 1 aromatic carbocycles. The number of carboxylic acid groups (broad SMARTS) is 1. The van der Waals surface area contributed by atoms with Gasteiger partial charge in [0.05, 0.1) is 16.7 Å². The van der Waals surface area contributed by atoms with E-state index in [1.165, 1.54) is 6.92 Å². The van der Waals surface area contributed by atoms with Gasteiger partial charge in [0.2, 0.25) is 0 Å². The number of hydrogen-bond donors (Lipinski definition) is 1. The van der Waals surface area contributed by atoms with Crippen LogP contribution < -0.4 is 4.74 Å². The Morgan fingerprint density at radius 2 is 2.09 bits per heavy atom. The first kappa shape index (κ1) is 18.7. The average molecular weight is 387 g/mol. The summed E-state index contributed by atoms with van der Waals surface area (Å²) >= 11 is 2.81. The third kappa shape index (κ3) is 4.59. The van der Waals surface area contributed by atoms with E-state index in [1.54, 1.807) is 0 Å². The number of benzene rings is 1. The number of carboxylic acids is 1. The predicted octanol–water partition coefficient (Wildman–Crippen LogP) is 4.67. The number of ether oxygens (including phenoxy) is 1. The monoisotopic (exact) mass is 386 g/mol. The Labute approximate surface area is 133 Å². The molecule has 1 N–H and O–H groups in total. The maximum Gasteiger partial charge on any atom is 0.344 e. The minimum absolute atomic E-state index is 0.102. The highest BCUT2D eigenvalue weighted by molar-refractivity contribution is 9.10. The second kappa shape index (κ2) is 7.80. The summed E-state index contributed by atoms with van der Waals surface area (Å²) in [6.45, 7) is 0.471. The van der Waals surface area contributed by atoms with Crippen LogP contribution in [0.5, 0.6) is 5.75 Å². The van der Waals surface area contributed by atoms with Crippen molar-refractivity contribution >= 4 is 21.9 Å². The summed E-state index contributed by atoms with van der Waals surface area (Å²) in [5, 5.41) is 9.00. The smallest absolute Gasteiger partial charge is 0.344 e. The Balaban J connectivity index is 3.21. The van der Waals surface area contributed by atoms with Gasteiger partial charge in [0.1, 0.15) is 11.6 Å². The molecule has 0 heterocycles. The summed E-state index contributed by atoms with van der Waals surface area (Å²) in [5.74, 6) is -6.16. The third-order valence-corrected chi connectivity index (χ3v) is 3.61. The molecule has 0 aliphatic carbocycles.